The number of nitrogens with zero attached hydrogens (tertiary/aromatic N) is 21. The van der Waals surface area contributed by atoms with Crippen LogP contribution in [0.2, 0.25) is 0 Å². The van der Waals surface area contributed by atoms with Gasteiger partial charge in [-0.1, -0.05) is 15.4 Å². The Labute approximate surface area is 515 Å². The maximum atomic E-state index is 11.0. The summed E-state index contributed by atoms with van der Waals surface area (Å²) >= 11 is 23.1. The number of nitro groups is 6. The van der Waals surface area contributed by atoms with Gasteiger partial charge in [0.2, 0.25) is 36.7 Å². The molecule has 0 atom stereocenters. The molecule has 0 unspecified atom stereocenters. The average molecular weight is 1440 g/mol. The number of non-ortho nitro benzene ring substituents is 6. The first-order valence-corrected chi connectivity index (χ1v) is 25.9. The molecule has 85 heavy (non-hydrogen) atoms. The first-order valence-electron chi connectivity index (χ1n) is 23.1. The number of aromatic nitrogens is 12. The Morgan fingerprint density at radius 2 is 0.459 bits per heavy atom. The fraction of sp³-hybridized carbons (Fsp3) is 0. The summed E-state index contributed by atoms with van der Waals surface area (Å²) < 4.78 is 0.935. The van der Waals surface area contributed by atoms with Crippen LogP contribution in [0.15, 0.2) is 146 Å². The number of hydrogen-bond acceptors (Lipinski definition) is 18. The van der Waals surface area contributed by atoms with Gasteiger partial charge in [-0.3, -0.25) is 60.7 Å². The van der Waals surface area contributed by atoms with Crippen molar-refractivity contribution in [3.8, 4) is 0 Å². The molecule has 0 aliphatic carbocycles. The van der Waals surface area contributed by atoms with Crippen LogP contribution < -0.4 is 15.4 Å². The fourth-order valence-corrected chi connectivity index (χ4v) is 9.48. The van der Waals surface area contributed by atoms with Crippen molar-refractivity contribution < 1.29 is 49.6 Å². The zero-order valence-corrected chi connectivity index (χ0v) is 49.9. The van der Waals surface area contributed by atoms with Gasteiger partial charge in [-0.2, -0.15) is 30.6 Å². The molecule has 33 nitrogen and oxygen atoms in total. The van der Waals surface area contributed by atoms with E-state index in [1.165, 1.54) is 154 Å². The number of fused-ring (bicyclic) bond motifs is 6. The standard InChI is InChI=1S/3C15H9N7O4S2.Ir/c3*23-21(24)11-1-3-13-9(5-11)7-16-18(13)20(15(27)28)19-14-4-2-12(22(25)26)6-10(14)8-17-19;/h3*1-8H,(H,27,28);/q;;;+3/p+6. The molecule has 12 rings (SSSR count). The molecule has 0 spiro atoms. The van der Waals surface area contributed by atoms with Gasteiger partial charge in [0.15, 0.2) is 0 Å². The monoisotopic (exact) mass is 1440 g/mol. The molecule has 426 valence electrons. The van der Waals surface area contributed by atoms with Gasteiger partial charge < -0.3 is 0 Å². The number of thiol groups is 3. The van der Waals surface area contributed by atoms with Crippen LogP contribution in [0.1, 0.15) is 0 Å². The van der Waals surface area contributed by atoms with Crippen molar-refractivity contribution in [1.82, 2.24) is 59.3 Å². The fourth-order valence-electron chi connectivity index (χ4n) is 8.41. The molecule has 6 heterocycles. The van der Waals surface area contributed by atoms with Crippen LogP contribution in [0.3, 0.4) is 0 Å². The minimum atomic E-state index is -0.483. The van der Waals surface area contributed by atoms with Crippen molar-refractivity contribution in [1.29, 1.82) is 0 Å². The first-order chi connectivity index (χ1) is 40.1. The van der Waals surface area contributed by atoms with Gasteiger partial charge in [-0.15, -0.1) is 28.7 Å². The van der Waals surface area contributed by atoms with Gasteiger partial charge in [-0.05, 0) is 36.4 Å². The van der Waals surface area contributed by atoms with Crippen LogP contribution in [0.4, 0.5) is 34.1 Å². The summed E-state index contributed by atoms with van der Waals surface area (Å²) in [4.78, 5) is 71.7. The number of rotatable bonds is 12. The minimum Gasteiger partial charge on any atom is -0.258 e. The van der Waals surface area contributed by atoms with E-state index in [4.69, 9.17) is 0 Å². The van der Waals surface area contributed by atoms with Gasteiger partial charge in [0.25, 0.3) is 34.1 Å². The van der Waals surface area contributed by atoms with Crippen molar-refractivity contribution in [2.24, 2.45) is 0 Å². The molecular weight excluding hydrogens is 1410 g/mol. The summed E-state index contributed by atoms with van der Waals surface area (Å²) in [5.41, 5.74) is 3.11. The topological polar surface area (TPSA) is 375 Å². The molecule has 0 bridgehead atoms. The zero-order chi connectivity index (χ0) is 60.0. The molecule has 0 N–H and O–H groups in total. The molecule has 6 aromatic carbocycles. The van der Waals surface area contributed by atoms with Crippen LogP contribution in [0.25, 0.3) is 65.4 Å². The Hall–Kier alpha value is -10.1. The van der Waals surface area contributed by atoms with Crippen LogP contribution in [0.5, 0.6) is 0 Å². The van der Waals surface area contributed by atoms with Gasteiger partial charge in [0.1, 0.15) is 0 Å². The minimum absolute atomic E-state index is 0. The Bertz CT molecular complexity index is 4050. The summed E-state index contributed by atoms with van der Waals surface area (Å²) in [7, 11) is 0. The quantitative estimate of drug-likeness (QED) is 0.0558. The summed E-state index contributed by atoms with van der Waals surface area (Å²) in [6.07, 6.45) is 8.89. The second-order valence-electron chi connectivity index (χ2n) is 17.0. The molecule has 12 aromatic rings. The number of nitro benzene ring substituents is 6. The Balaban J connectivity index is 0.000000152. The Morgan fingerprint density at radius 3 is 0.576 bits per heavy atom. The molecule has 0 amide bonds. The van der Waals surface area contributed by atoms with E-state index in [0.717, 1.165) is 0 Å². The molecule has 6 aromatic heterocycles. The average Bonchev–Trinajstić information content (AvgIpc) is 3.79. The third-order valence-electron chi connectivity index (χ3n) is 12.1. The molecular formula is C45H33IrN21O12S6+9. The SMILES string of the molecule is O=[N+]([O-])c1ccc2c(cnn2N(C(=[SH+])[SH2+])n2ncc3cc([N+](=O)[O-])ccc32)c1.O=[N+]([O-])c1ccc2c(cnn2N(C(=[SH+])[SH2+])n2ncc3cc([N+](=O)[O-])ccc32)c1.O=[N+]([O-])c1ccc2c(cnn2N(C(=[SH+])[SH2+])n2ncc3cc([N+](=O)[O-])ccc32)c1.[Ir+3]. The van der Waals surface area contributed by atoms with E-state index in [1.807, 2.05) is 0 Å². The molecule has 0 saturated carbocycles. The van der Waals surface area contributed by atoms with Crippen LogP contribution in [-0.2, 0) is 94.6 Å². The van der Waals surface area contributed by atoms with E-state index < -0.39 is 29.5 Å². The molecule has 40 heteroatoms. The van der Waals surface area contributed by atoms with E-state index in [9.17, 15) is 60.7 Å². The molecule has 0 aliphatic heterocycles. The third-order valence-corrected chi connectivity index (χ3v) is 13.2. The van der Waals surface area contributed by atoms with E-state index in [2.05, 4.69) is 105 Å². The van der Waals surface area contributed by atoms with Crippen LogP contribution in [-0.4, -0.2) is 102 Å². The Kier molecular flexibility index (Phi) is 16.8. The maximum Gasteiger partial charge on any atom is 3.00 e. The number of benzene rings is 6. The van der Waals surface area contributed by atoms with Gasteiger partial charge in [-0.25, -0.2) is 0 Å². The van der Waals surface area contributed by atoms with Crippen molar-refractivity contribution in [2.45, 2.75) is 0 Å². The largest absolute Gasteiger partial charge is 3.00 e. The second kappa shape index (κ2) is 24.0. The van der Waals surface area contributed by atoms with Crippen molar-refractivity contribution in [3.63, 3.8) is 0 Å². The van der Waals surface area contributed by atoms with Crippen LogP contribution in [0, 0.1) is 60.7 Å². The normalized spacial score (nSPS) is 10.9. The van der Waals surface area contributed by atoms with Crippen LogP contribution >= 0.6 is 0 Å². The molecule has 0 fully saturated rings. The van der Waals surface area contributed by atoms with Crippen molar-refractivity contribution in [2.75, 3.05) is 15.4 Å². The van der Waals surface area contributed by atoms with Gasteiger partial charge >= 0.3 is 33.1 Å². The molecule has 0 aliphatic rings. The van der Waals surface area contributed by atoms with Gasteiger partial charge in [0.05, 0.1) is 138 Å². The van der Waals surface area contributed by atoms with E-state index in [0.29, 0.717) is 78.4 Å². The third kappa shape index (κ3) is 11.5. The van der Waals surface area contributed by atoms with E-state index >= 15 is 0 Å². The van der Waals surface area contributed by atoms with Gasteiger partial charge in [0, 0.05) is 105 Å². The predicted octanol–water partition coefficient (Wildman–Crippen LogP) is 2.94. The van der Waals surface area contributed by atoms with Crippen molar-refractivity contribution in [3.05, 3.63) is 207 Å². The molecule has 0 saturated heterocycles. The van der Waals surface area contributed by atoms with E-state index in [-0.39, 0.29) is 54.2 Å². The summed E-state index contributed by atoms with van der Waals surface area (Å²) in [5, 5.41) is 99.2. The zero-order valence-electron chi connectivity index (χ0n) is 41.8. The first kappa shape index (κ1) is 59.5. The predicted molar refractivity (Wildman–Crippen MR) is 331 cm³/mol. The number of hydrogen-bond donors (Lipinski definition) is 0. The van der Waals surface area contributed by atoms with E-state index in [1.54, 1.807) is 36.4 Å². The summed E-state index contributed by atoms with van der Waals surface area (Å²) in [6, 6.07) is 26.1. The van der Waals surface area contributed by atoms with Crippen molar-refractivity contribution >= 4 is 187 Å². The summed E-state index contributed by atoms with van der Waals surface area (Å²) in [6.45, 7) is 0. The second-order valence-corrected chi connectivity index (χ2v) is 21.0. The summed E-state index contributed by atoms with van der Waals surface area (Å²) in [5.74, 6) is 0. The molecule has 0 radical (unpaired) electrons. The maximum absolute atomic E-state index is 11.0. The smallest absolute Gasteiger partial charge is 0.258 e. The Morgan fingerprint density at radius 1 is 0.318 bits per heavy atom.